The third kappa shape index (κ3) is 6.06. The summed E-state index contributed by atoms with van der Waals surface area (Å²) < 4.78 is 45.1. The van der Waals surface area contributed by atoms with Crippen LogP contribution in [0.4, 0.5) is 19.0 Å². The highest BCUT2D eigenvalue weighted by Crippen LogP contribution is 2.35. The Morgan fingerprint density at radius 3 is 2.56 bits per heavy atom. The van der Waals surface area contributed by atoms with Crippen LogP contribution in [0.3, 0.4) is 0 Å². The molecular formula is C25H24ClF3N4O3. The average Bonchev–Trinajstić information content (AvgIpc) is 3.44. The lowest BCUT2D eigenvalue weighted by Crippen LogP contribution is -2.28. The zero-order valence-electron chi connectivity index (χ0n) is 19.5. The van der Waals surface area contributed by atoms with E-state index >= 15 is 0 Å². The first-order valence-electron chi connectivity index (χ1n) is 11.2. The van der Waals surface area contributed by atoms with Crippen LogP contribution in [0.2, 0.25) is 5.02 Å². The molecular weight excluding hydrogens is 497 g/mol. The number of nitrogens with zero attached hydrogens (tertiary/aromatic N) is 2. The van der Waals surface area contributed by atoms with Crippen molar-refractivity contribution in [2.24, 2.45) is 5.92 Å². The second-order valence-electron chi connectivity index (χ2n) is 9.00. The summed E-state index contributed by atoms with van der Waals surface area (Å²) in [4.78, 5) is 24.2. The molecule has 0 aliphatic carbocycles. The summed E-state index contributed by atoms with van der Waals surface area (Å²) in [6.45, 7) is 1.91. The van der Waals surface area contributed by atoms with Crippen LogP contribution in [-0.2, 0) is 19.9 Å². The molecule has 0 saturated carbocycles. The molecule has 1 saturated heterocycles. The fourth-order valence-corrected chi connectivity index (χ4v) is 4.10. The molecule has 1 aliphatic rings. The minimum atomic E-state index is -4.48. The van der Waals surface area contributed by atoms with Crippen molar-refractivity contribution in [2.75, 3.05) is 18.5 Å². The quantitative estimate of drug-likeness (QED) is 0.455. The van der Waals surface area contributed by atoms with Crippen molar-refractivity contribution in [1.29, 1.82) is 0 Å². The Hall–Kier alpha value is -3.37. The van der Waals surface area contributed by atoms with E-state index in [0.29, 0.717) is 27.5 Å². The molecule has 2 heterocycles. The Labute approximate surface area is 210 Å². The summed E-state index contributed by atoms with van der Waals surface area (Å²) in [6, 6.07) is 15.7. The third-order valence-corrected chi connectivity index (χ3v) is 6.01. The zero-order valence-corrected chi connectivity index (χ0v) is 20.3. The lowest BCUT2D eigenvalue weighted by atomic mass is 9.95. The number of para-hydroxylation sites is 1. The van der Waals surface area contributed by atoms with E-state index in [1.807, 2.05) is 30.3 Å². The van der Waals surface area contributed by atoms with E-state index in [2.05, 4.69) is 15.7 Å². The van der Waals surface area contributed by atoms with Gasteiger partial charge in [-0.2, -0.15) is 13.2 Å². The number of hydrogen-bond acceptors (Lipinski definition) is 4. The molecule has 4 rings (SSSR count). The number of anilines is 1. The normalized spacial score (nSPS) is 16.2. The summed E-state index contributed by atoms with van der Waals surface area (Å²) in [5, 5.41) is 10.2. The first-order chi connectivity index (χ1) is 16.9. The summed E-state index contributed by atoms with van der Waals surface area (Å²) in [7, 11) is 0. The Bertz CT molecular complexity index is 1280. The van der Waals surface area contributed by atoms with Crippen molar-refractivity contribution in [3.05, 3.63) is 65.2 Å². The van der Waals surface area contributed by atoms with E-state index in [1.54, 1.807) is 28.9 Å². The minimum Gasteiger partial charge on any atom is -0.361 e. The summed E-state index contributed by atoms with van der Waals surface area (Å²) >= 11 is 6.37. The van der Waals surface area contributed by atoms with Crippen molar-refractivity contribution in [3.8, 4) is 16.9 Å². The summed E-state index contributed by atoms with van der Waals surface area (Å²) in [6.07, 6.45) is -4.38. The smallest absolute Gasteiger partial charge is 0.361 e. The molecule has 1 aromatic heterocycles. The number of alkyl halides is 3. The van der Waals surface area contributed by atoms with Gasteiger partial charge >= 0.3 is 6.18 Å². The van der Waals surface area contributed by atoms with Crippen LogP contribution < -0.4 is 10.6 Å². The first kappa shape index (κ1) is 25.7. The molecule has 0 bridgehead atoms. The van der Waals surface area contributed by atoms with Crippen LogP contribution in [0, 0.1) is 5.92 Å². The summed E-state index contributed by atoms with van der Waals surface area (Å²) in [5.41, 5.74) is 0.963. The molecule has 190 valence electrons. The molecule has 0 radical (unpaired) electrons. The van der Waals surface area contributed by atoms with E-state index in [0.717, 1.165) is 0 Å². The standard InChI is InChI=1S/C25H24ClF3N4O3/c1-24(2,36-14-25(27,28)29)17-8-15(9-18(26)11-17)20-12-21(31-23(35)16-10-22(34)30-13-16)32-33(20)19-6-4-3-5-7-19/h3-9,11-12,16H,10,13-14H2,1-2H3,(H,30,34)(H,31,32,35)/t16-/m0/s1. The number of benzene rings is 2. The van der Waals surface area contributed by atoms with Crippen molar-refractivity contribution < 1.29 is 27.5 Å². The number of amides is 2. The summed E-state index contributed by atoms with van der Waals surface area (Å²) in [5.74, 6) is -0.780. The van der Waals surface area contributed by atoms with Gasteiger partial charge < -0.3 is 15.4 Å². The number of carbonyl (C=O) groups is 2. The largest absolute Gasteiger partial charge is 0.411 e. The molecule has 2 N–H and O–H groups in total. The number of carbonyl (C=O) groups excluding carboxylic acids is 2. The topological polar surface area (TPSA) is 85.2 Å². The second kappa shape index (κ2) is 9.94. The number of hydrogen-bond donors (Lipinski definition) is 2. The zero-order chi connectivity index (χ0) is 26.1. The van der Waals surface area contributed by atoms with Crippen LogP contribution in [-0.4, -0.2) is 40.9 Å². The Morgan fingerprint density at radius 1 is 1.19 bits per heavy atom. The number of rotatable bonds is 7. The lowest BCUT2D eigenvalue weighted by Gasteiger charge is -2.27. The van der Waals surface area contributed by atoms with Gasteiger partial charge in [0.25, 0.3) is 0 Å². The SMILES string of the molecule is CC(C)(OCC(F)(F)F)c1cc(Cl)cc(-c2cc(NC(=O)[C@@H]3CNC(=O)C3)nn2-c2ccccc2)c1. The van der Waals surface area contributed by atoms with Crippen LogP contribution in [0.15, 0.2) is 54.6 Å². The maximum Gasteiger partial charge on any atom is 0.411 e. The van der Waals surface area contributed by atoms with E-state index in [1.165, 1.54) is 13.8 Å². The van der Waals surface area contributed by atoms with Crippen LogP contribution in [0.5, 0.6) is 0 Å². The Kier molecular flexibility index (Phi) is 7.10. The first-order valence-corrected chi connectivity index (χ1v) is 11.5. The molecule has 11 heteroatoms. The average molecular weight is 521 g/mol. The predicted octanol–water partition coefficient (Wildman–Crippen LogP) is 5.08. The number of halogens is 4. The molecule has 36 heavy (non-hydrogen) atoms. The van der Waals surface area contributed by atoms with Crippen LogP contribution >= 0.6 is 11.6 Å². The maximum atomic E-state index is 12.8. The third-order valence-electron chi connectivity index (χ3n) is 5.80. The number of aromatic nitrogens is 2. The number of nitrogens with one attached hydrogen (secondary N) is 2. The molecule has 7 nitrogen and oxygen atoms in total. The predicted molar refractivity (Wildman–Crippen MR) is 129 cm³/mol. The molecule has 2 aromatic carbocycles. The fourth-order valence-electron chi connectivity index (χ4n) is 3.86. The van der Waals surface area contributed by atoms with E-state index < -0.39 is 24.3 Å². The molecule has 3 aromatic rings. The minimum absolute atomic E-state index is 0.0999. The van der Waals surface area contributed by atoms with Gasteiger partial charge in [-0.15, -0.1) is 5.10 Å². The van der Waals surface area contributed by atoms with Crippen molar-refractivity contribution in [3.63, 3.8) is 0 Å². The molecule has 2 amide bonds. The molecule has 1 aliphatic heterocycles. The van der Waals surface area contributed by atoms with E-state index in [4.69, 9.17) is 16.3 Å². The Morgan fingerprint density at radius 2 is 1.92 bits per heavy atom. The van der Waals surface area contributed by atoms with Crippen LogP contribution in [0.25, 0.3) is 16.9 Å². The highest BCUT2D eigenvalue weighted by molar-refractivity contribution is 6.31. The van der Waals surface area contributed by atoms with Gasteiger partial charge in [0.2, 0.25) is 11.8 Å². The van der Waals surface area contributed by atoms with Crippen molar-refractivity contribution in [1.82, 2.24) is 15.1 Å². The van der Waals surface area contributed by atoms with Gasteiger partial charge in [0.1, 0.15) is 6.61 Å². The van der Waals surface area contributed by atoms with Crippen LogP contribution in [0.1, 0.15) is 25.8 Å². The molecule has 1 atom stereocenters. The van der Waals surface area contributed by atoms with Crippen molar-refractivity contribution >= 4 is 29.2 Å². The molecule has 0 spiro atoms. The van der Waals surface area contributed by atoms with Gasteiger partial charge in [-0.05, 0) is 49.7 Å². The van der Waals surface area contributed by atoms with E-state index in [-0.39, 0.29) is 30.6 Å². The van der Waals surface area contributed by atoms with Gasteiger partial charge in [0, 0.05) is 29.6 Å². The van der Waals surface area contributed by atoms with Gasteiger partial charge in [-0.25, -0.2) is 4.68 Å². The Balaban J connectivity index is 1.71. The van der Waals surface area contributed by atoms with E-state index in [9.17, 15) is 22.8 Å². The molecule has 0 unspecified atom stereocenters. The monoisotopic (exact) mass is 520 g/mol. The van der Waals surface area contributed by atoms with Crippen molar-refractivity contribution in [2.45, 2.75) is 32.0 Å². The maximum absolute atomic E-state index is 12.8. The number of ether oxygens (including phenoxy) is 1. The van der Waals surface area contributed by atoms with Gasteiger partial charge in [-0.3, -0.25) is 9.59 Å². The van der Waals surface area contributed by atoms with Gasteiger partial charge in [0.15, 0.2) is 5.82 Å². The highest BCUT2D eigenvalue weighted by atomic mass is 35.5. The highest BCUT2D eigenvalue weighted by Gasteiger charge is 2.33. The second-order valence-corrected chi connectivity index (χ2v) is 9.44. The fraction of sp³-hybridized carbons (Fsp3) is 0.320. The van der Waals surface area contributed by atoms with Gasteiger partial charge in [0.05, 0.1) is 22.9 Å². The van der Waals surface area contributed by atoms with Gasteiger partial charge in [-0.1, -0.05) is 29.8 Å². The lowest BCUT2D eigenvalue weighted by molar-refractivity contribution is -0.201. The molecule has 1 fully saturated rings.